The Hall–Kier alpha value is -1.65. The van der Waals surface area contributed by atoms with Crippen LogP contribution in [0.2, 0.25) is 0 Å². The molecule has 2 aromatic rings. The summed E-state index contributed by atoms with van der Waals surface area (Å²) in [5.41, 5.74) is 2.12. The molecule has 0 aliphatic rings. The molecule has 0 fully saturated rings. The maximum atomic E-state index is 5.12. The first kappa shape index (κ1) is 10.9. The van der Waals surface area contributed by atoms with Crippen LogP contribution in [0.25, 0.3) is 0 Å². The summed E-state index contributed by atoms with van der Waals surface area (Å²) in [6.07, 6.45) is 1.85. The number of nitrogens with zero attached hydrogens (tertiary/aromatic N) is 4. The van der Waals surface area contributed by atoms with Crippen molar-refractivity contribution in [1.82, 2.24) is 19.9 Å². The monoisotopic (exact) mass is 220 g/mol. The molecule has 86 valence electrons. The fourth-order valence-corrected chi connectivity index (χ4v) is 1.64. The molecule has 0 amide bonds. The lowest BCUT2D eigenvalue weighted by molar-refractivity contribution is 0.370. The van der Waals surface area contributed by atoms with Gasteiger partial charge < -0.3 is 4.52 Å². The lowest BCUT2D eigenvalue weighted by atomic mass is 10.3. The molecular formula is C11H16N4O. The SMILES string of the molecule is CCCc1nc(Cn2nc(C)cc2C)no1. The summed E-state index contributed by atoms with van der Waals surface area (Å²) >= 11 is 0. The van der Waals surface area contributed by atoms with Gasteiger partial charge in [0.2, 0.25) is 5.89 Å². The lowest BCUT2D eigenvalue weighted by Gasteiger charge is -1.98. The molecule has 0 atom stereocenters. The standard InChI is InChI=1S/C11H16N4O/c1-4-5-11-12-10(14-16-11)7-15-9(3)6-8(2)13-15/h6H,4-5,7H2,1-3H3. The van der Waals surface area contributed by atoms with Gasteiger partial charge in [-0.25, -0.2) is 0 Å². The summed E-state index contributed by atoms with van der Waals surface area (Å²) in [6.45, 7) is 6.66. The first-order valence-electron chi connectivity index (χ1n) is 5.51. The Balaban J connectivity index is 2.11. The van der Waals surface area contributed by atoms with Crippen molar-refractivity contribution in [2.45, 2.75) is 40.2 Å². The maximum absolute atomic E-state index is 5.12. The van der Waals surface area contributed by atoms with Crippen LogP contribution >= 0.6 is 0 Å². The molecule has 0 bridgehead atoms. The average Bonchev–Trinajstić information content (AvgIpc) is 2.76. The smallest absolute Gasteiger partial charge is 0.226 e. The van der Waals surface area contributed by atoms with E-state index in [9.17, 15) is 0 Å². The van der Waals surface area contributed by atoms with Crippen molar-refractivity contribution in [3.05, 3.63) is 29.2 Å². The van der Waals surface area contributed by atoms with Gasteiger partial charge in [-0.3, -0.25) is 4.68 Å². The molecule has 16 heavy (non-hydrogen) atoms. The summed E-state index contributed by atoms with van der Waals surface area (Å²) in [7, 11) is 0. The van der Waals surface area contributed by atoms with Gasteiger partial charge >= 0.3 is 0 Å². The van der Waals surface area contributed by atoms with Crippen molar-refractivity contribution in [3.8, 4) is 0 Å². The van der Waals surface area contributed by atoms with Crippen LogP contribution in [0.3, 0.4) is 0 Å². The molecular weight excluding hydrogens is 204 g/mol. The highest BCUT2D eigenvalue weighted by molar-refractivity contribution is 5.07. The second-order valence-corrected chi connectivity index (χ2v) is 3.94. The zero-order chi connectivity index (χ0) is 11.5. The van der Waals surface area contributed by atoms with Gasteiger partial charge in [0.1, 0.15) is 6.54 Å². The first-order valence-corrected chi connectivity index (χ1v) is 5.51. The number of aromatic nitrogens is 4. The van der Waals surface area contributed by atoms with Gasteiger partial charge in [-0.05, 0) is 26.3 Å². The van der Waals surface area contributed by atoms with E-state index in [4.69, 9.17) is 4.52 Å². The molecule has 0 spiro atoms. The van der Waals surface area contributed by atoms with E-state index in [2.05, 4.69) is 22.2 Å². The number of hydrogen-bond acceptors (Lipinski definition) is 4. The van der Waals surface area contributed by atoms with Gasteiger partial charge in [0.25, 0.3) is 0 Å². The van der Waals surface area contributed by atoms with Gasteiger partial charge in [-0.2, -0.15) is 10.1 Å². The zero-order valence-electron chi connectivity index (χ0n) is 9.90. The van der Waals surface area contributed by atoms with Gasteiger partial charge in [0, 0.05) is 12.1 Å². The highest BCUT2D eigenvalue weighted by atomic mass is 16.5. The summed E-state index contributed by atoms with van der Waals surface area (Å²) in [5.74, 6) is 1.40. The predicted octanol–water partition coefficient (Wildman–Crippen LogP) is 1.88. The second-order valence-electron chi connectivity index (χ2n) is 3.94. The molecule has 0 aliphatic heterocycles. The van der Waals surface area contributed by atoms with Crippen molar-refractivity contribution in [2.24, 2.45) is 0 Å². The Bertz CT molecular complexity index is 472. The third-order valence-electron chi connectivity index (χ3n) is 2.37. The van der Waals surface area contributed by atoms with Crippen LogP contribution in [-0.4, -0.2) is 19.9 Å². The summed E-state index contributed by atoms with van der Waals surface area (Å²) in [5, 5.41) is 8.29. The van der Waals surface area contributed by atoms with Crippen LogP contribution in [-0.2, 0) is 13.0 Å². The molecule has 0 saturated heterocycles. The van der Waals surface area contributed by atoms with E-state index < -0.39 is 0 Å². The third kappa shape index (κ3) is 2.29. The van der Waals surface area contributed by atoms with Crippen LogP contribution < -0.4 is 0 Å². The van der Waals surface area contributed by atoms with Crippen molar-refractivity contribution in [3.63, 3.8) is 0 Å². The Morgan fingerprint density at radius 2 is 2.19 bits per heavy atom. The van der Waals surface area contributed by atoms with Crippen LogP contribution in [0.1, 0.15) is 36.4 Å². The van der Waals surface area contributed by atoms with Crippen LogP contribution in [0.5, 0.6) is 0 Å². The number of hydrogen-bond donors (Lipinski definition) is 0. The predicted molar refractivity (Wildman–Crippen MR) is 59.1 cm³/mol. The highest BCUT2D eigenvalue weighted by Gasteiger charge is 2.08. The Kier molecular flexibility index (Phi) is 3.03. The van der Waals surface area contributed by atoms with Gasteiger partial charge in [-0.1, -0.05) is 12.1 Å². The molecule has 0 N–H and O–H groups in total. The number of aryl methyl sites for hydroxylation is 3. The molecule has 2 heterocycles. The number of rotatable bonds is 4. The second kappa shape index (κ2) is 4.47. The largest absolute Gasteiger partial charge is 0.339 e. The normalized spacial score (nSPS) is 10.9. The van der Waals surface area contributed by atoms with Gasteiger partial charge in [0.15, 0.2) is 5.82 Å². The van der Waals surface area contributed by atoms with Crippen molar-refractivity contribution in [1.29, 1.82) is 0 Å². The van der Waals surface area contributed by atoms with Crippen molar-refractivity contribution in [2.75, 3.05) is 0 Å². The Labute approximate surface area is 94.5 Å². The lowest BCUT2D eigenvalue weighted by Crippen LogP contribution is -2.05. The minimum atomic E-state index is 0.576. The molecule has 5 nitrogen and oxygen atoms in total. The van der Waals surface area contributed by atoms with E-state index in [1.165, 1.54) is 0 Å². The van der Waals surface area contributed by atoms with E-state index in [1.807, 2.05) is 24.6 Å². The van der Waals surface area contributed by atoms with Gasteiger partial charge in [-0.15, -0.1) is 0 Å². The Morgan fingerprint density at radius 1 is 1.38 bits per heavy atom. The maximum Gasteiger partial charge on any atom is 0.226 e. The molecule has 5 heteroatoms. The summed E-state index contributed by atoms with van der Waals surface area (Å²) in [6, 6.07) is 2.03. The Morgan fingerprint density at radius 3 is 2.81 bits per heavy atom. The minimum Gasteiger partial charge on any atom is -0.339 e. The molecule has 0 aromatic carbocycles. The van der Waals surface area contributed by atoms with Gasteiger partial charge in [0.05, 0.1) is 5.69 Å². The summed E-state index contributed by atoms with van der Waals surface area (Å²) < 4.78 is 7.01. The van der Waals surface area contributed by atoms with E-state index in [0.717, 1.165) is 24.2 Å². The highest BCUT2D eigenvalue weighted by Crippen LogP contribution is 2.06. The van der Waals surface area contributed by atoms with Crippen LogP contribution in [0, 0.1) is 13.8 Å². The fourth-order valence-electron chi connectivity index (χ4n) is 1.64. The van der Waals surface area contributed by atoms with Crippen molar-refractivity contribution >= 4 is 0 Å². The van der Waals surface area contributed by atoms with E-state index in [1.54, 1.807) is 0 Å². The third-order valence-corrected chi connectivity index (χ3v) is 2.37. The average molecular weight is 220 g/mol. The molecule has 0 saturated carbocycles. The minimum absolute atomic E-state index is 0.576. The van der Waals surface area contributed by atoms with E-state index >= 15 is 0 Å². The quantitative estimate of drug-likeness (QED) is 0.789. The molecule has 0 unspecified atom stereocenters. The van der Waals surface area contributed by atoms with E-state index in [0.29, 0.717) is 18.3 Å². The zero-order valence-corrected chi connectivity index (χ0v) is 9.90. The molecule has 2 rings (SSSR count). The molecule has 0 aliphatic carbocycles. The molecule has 2 aromatic heterocycles. The fraction of sp³-hybridized carbons (Fsp3) is 0.545. The summed E-state index contributed by atoms with van der Waals surface area (Å²) in [4.78, 5) is 4.31. The van der Waals surface area contributed by atoms with Crippen LogP contribution in [0.15, 0.2) is 10.6 Å². The topological polar surface area (TPSA) is 56.7 Å². The first-order chi connectivity index (χ1) is 7.69. The van der Waals surface area contributed by atoms with Crippen molar-refractivity contribution < 1.29 is 4.52 Å². The van der Waals surface area contributed by atoms with E-state index in [-0.39, 0.29) is 0 Å². The molecule has 0 radical (unpaired) electrons. The van der Waals surface area contributed by atoms with Crippen LogP contribution in [0.4, 0.5) is 0 Å².